The molecule has 3 aromatic rings. The molecule has 208 valence electrons. The highest BCUT2D eigenvalue weighted by Crippen LogP contribution is 2.30. The third kappa shape index (κ3) is 6.79. The molecule has 2 aliphatic rings. The second-order valence-electron chi connectivity index (χ2n) is 10.0. The zero-order chi connectivity index (χ0) is 27.4. The van der Waals surface area contributed by atoms with E-state index >= 15 is 0 Å². The van der Waals surface area contributed by atoms with Crippen molar-refractivity contribution in [3.8, 4) is 11.8 Å². The van der Waals surface area contributed by atoms with Gasteiger partial charge in [0.1, 0.15) is 30.5 Å². The Hall–Kier alpha value is -3.83. The number of piperidine rings is 1. The zero-order valence-electron chi connectivity index (χ0n) is 21.3. The minimum Gasteiger partial charge on any atom is -0.488 e. The van der Waals surface area contributed by atoms with Gasteiger partial charge >= 0.3 is 18.0 Å². The van der Waals surface area contributed by atoms with Crippen LogP contribution in [0, 0.1) is 16.0 Å². The lowest BCUT2D eigenvalue weighted by Crippen LogP contribution is -2.34. The number of pyridine rings is 1. The number of anilines is 1. The van der Waals surface area contributed by atoms with E-state index in [2.05, 4.69) is 14.9 Å². The predicted octanol–water partition coefficient (Wildman–Crippen LogP) is 5.67. The summed E-state index contributed by atoms with van der Waals surface area (Å²) in [6, 6.07) is 9.54. The van der Waals surface area contributed by atoms with Gasteiger partial charge in [0.05, 0.1) is 11.8 Å². The molecule has 0 saturated carbocycles. The zero-order valence-corrected chi connectivity index (χ0v) is 21.3. The summed E-state index contributed by atoms with van der Waals surface area (Å²) >= 11 is 0. The molecule has 12 heteroatoms. The summed E-state index contributed by atoms with van der Waals surface area (Å²) in [5, 5.41) is 10.9. The number of aromatic nitrogens is 3. The summed E-state index contributed by atoms with van der Waals surface area (Å²) in [4.78, 5) is 21.1. The van der Waals surface area contributed by atoms with Crippen LogP contribution in [0.3, 0.4) is 0 Å². The quantitative estimate of drug-likeness (QED) is 0.252. The number of halogens is 3. The number of imidazole rings is 1. The van der Waals surface area contributed by atoms with Crippen LogP contribution >= 0.6 is 0 Å². The second-order valence-corrected chi connectivity index (χ2v) is 10.0. The maximum absolute atomic E-state index is 12.7. The van der Waals surface area contributed by atoms with Crippen molar-refractivity contribution in [1.29, 1.82) is 0 Å². The van der Waals surface area contributed by atoms with Crippen LogP contribution in [0.5, 0.6) is 11.8 Å². The minimum absolute atomic E-state index is 0.228. The number of nitro groups is 1. The summed E-state index contributed by atoms with van der Waals surface area (Å²) in [6.45, 7) is 2.69. The predicted molar refractivity (Wildman–Crippen MR) is 137 cm³/mol. The van der Waals surface area contributed by atoms with Crippen LogP contribution < -0.4 is 14.4 Å². The summed E-state index contributed by atoms with van der Waals surface area (Å²) in [5.41, 5.74) is 0.339. The Kier molecular flexibility index (Phi) is 7.89. The van der Waals surface area contributed by atoms with E-state index in [-0.39, 0.29) is 17.9 Å². The molecule has 0 unspecified atom stereocenters. The minimum atomic E-state index is -4.29. The van der Waals surface area contributed by atoms with E-state index < -0.39 is 16.7 Å². The molecule has 0 bridgehead atoms. The first kappa shape index (κ1) is 26.8. The van der Waals surface area contributed by atoms with E-state index in [4.69, 9.17) is 9.47 Å². The molecular weight excluding hydrogens is 515 g/mol. The summed E-state index contributed by atoms with van der Waals surface area (Å²) in [7, 11) is 0. The molecule has 39 heavy (non-hydrogen) atoms. The molecule has 2 aliphatic heterocycles. The summed E-state index contributed by atoms with van der Waals surface area (Å²) < 4.78 is 51.4. The topological polar surface area (TPSA) is 95.5 Å². The molecular formula is C27H30F3N5O4. The van der Waals surface area contributed by atoms with E-state index in [0.29, 0.717) is 31.2 Å². The molecule has 0 spiro atoms. The maximum atomic E-state index is 12.7. The fourth-order valence-corrected chi connectivity index (χ4v) is 5.08. The number of rotatable bonds is 9. The Morgan fingerprint density at radius 2 is 1.85 bits per heavy atom. The van der Waals surface area contributed by atoms with Crippen LogP contribution in [0.2, 0.25) is 0 Å². The number of hydrogen-bond acceptors (Lipinski definition) is 7. The van der Waals surface area contributed by atoms with Gasteiger partial charge in [-0.2, -0.15) is 13.2 Å². The van der Waals surface area contributed by atoms with Gasteiger partial charge in [0.25, 0.3) is 0 Å². The van der Waals surface area contributed by atoms with Crippen molar-refractivity contribution in [3.63, 3.8) is 0 Å². The normalized spacial score (nSPS) is 17.9. The van der Waals surface area contributed by atoms with E-state index in [0.717, 1.165) is 68.7 Å². The van der Waals surface area contributed by atoms with Crippen molar-refractivity contribution in [2.75, 3.05) is 24.6 Å². The van der Waals surface area contributed by atoms with E-state index in [1.165, 1.54) is 6.20 Å². The third-order valence-corrected chi connectivity index (χ3v) is 7.33. The Labute approximate surface area is 223 Å². The van der Waals surface area contributed by atoms with Crippen LogP contribution in [-0.2, 0) is 19.1 Å². The standard InChI is InChI=1S/C27H30F3N5O4/c28-27(29,30)21-6-4-19(5-7-21)2-1-3-20-10-13-33(14-11-20)24-9-8-22(16-31-24)38-18-23-12-15-34-17-25(35(36)37)32-26(34)39-23/h4-9,16-17,20,23H,1-3,10-15,18H2/t23-/m1/s1. The molecule has 0 radical (unpaired) electrons. The highest BCUT2D eigenvalue weighted by Gasteiger charge is 2.30. The largest absolute Gasteiger partial charge is 0.488 e. The van der Waals surface area contributed by atoms with E-state index in [9.17, 15) is 23.3 Å². The van der Waals surface area contributed by atoms with Gasteiger partial charge in [-0.15, -0.1) is 0 Å². The summed E-state index contributed by atoms with van der Waals surface area (Å²) in [6.07, 6.45) is 4.11. The van der Waals surface area contributed by atoms with Crippen LogP contribution in [0.1, 0.15) is 43.2 Å². The lowest BCUT2D eigenvalue weighted by atomic mass is 9.90. The molecule has 1 atom stereocenters. The molecule has 1 saturated heterocycles. The first-order valence-corrected chi connectivity index (χ1v) is 13.1. The molecule has 4 heterocycles. The first-order chi connectivity index (χ1) is 18.7. The number of ether oxygens (including phenoxy) is 2. The molecule has 1 aromatic carbocycles. The van der Waals surface area contributed by atoms with Crippen molar-refractivity contribution >= 4 is 11.6 Å². The third-order valence-electron chi connectivity index (χ3n) is 7.33. The van der Waals surface area contributed by atoms with Crippen LogP contribution in [-0.4, -0.2) is 45.3 Å². The van der Waals surface area contributed by atoms with E-state index in [1.807, 2.05) is 12.1 Å². The number of nitrogens with zero attached hydrogens (tertiary/aromatic N) is 5. The molecule has 0 N–H and O–H groups in total. The molecule has 5 rings (SSSR count). The van der Waals surface area contributed by atoms with Gasteiger partial charge in [0.15, 0.2) is 0 Å². The molecule has 2 aromatic heterocycles. The number of aryl methyl sites for hydroxylation is 2. The average molecular weight is 546 g/mol. The van der Waals surface area contributed by atoms with E-state index in [1.54, 1.807) is 22.9 Å². The van der Waals surface area contributed by atoms with Gasteiger partial charge in [0.2, 0.25) is 0 Å². The maximum Gasteiger partial charge on any atom is 0.416 e. The fourth-order valence-electron chi connectivity index (χ4n) is 5.08. The lowest BCUT2D eigenvalue weighted by Gasteiger charge is -2.33. The van der Waals surface area contributed by atoms with Crippen LogP contribution in [0.25, 0.3) is 0 Å². The van der Waals surface area contributed by atoms with Crippen molar-refractivity contribution in [2.45, 2.75) is 57.3 Å². The molecule has 9 nitrogen and oxygen atoms in total. The van der Waals surface area contributed by atoms with Crippen LogP contribution in [0.4, 0.5) is 24.8 Å². The second kappa shape index (κ2) is 11.5. The molecule has 1 fully saturated rings. The van der Waals surface area contributed by atoms with Gasteiger partial charge in [-0.05, 0) is 72.8 Å². The van der Waals surface area contributed by atoms with Crippen molar-refractivity contribution < 1.29 is 27.6 Å². The Morgan fingerprint density at radius 1 is 1.08 bits per heavy atom. The van der Waals surface area contributed by atoms with Gasteiger partial charge in [0, 0.05) is 31.0 Å². The first-order valence-electron chi connectivity index (χ1n) is 13.1. The van der Waals surface area contributed by atoms with Crippen LogP contribution in [0.15, 0.2) is 48.8 Å². The van der Waals surface area contributed by atoms with Gasteiger partial charge in [-0.25, -0.2) is 4.98 Å². The SMILES string of the molecule is O=[N+]([O-])c1cn2c(n1)O[C@@H](COc1ccc(N3CCC(CCCc4ccc(C(F)(F)F)cc4)CC3)nc1)CC2. The number of benzene rings is 1. The lowest BCUT2D eigenvalue weighted by molar-refractivity contribution is -0.389. The highest BCUT2D eigenvalue weighted by atomic mass is 19.4. The van der Waals surface area contributed by atoms with Crippen molar-refractivity contribution in [3.05, 3.63) is 70.0 Å². The van der Waals surface area contributed by atoms with Crippen molar-refractivity contribution in [2.24, 2.45) is 5.92 Å². The Balaban J connectivity index is 1.02. The average Bonchev–Trinajstić information content (AvgIpc) is 3.37. The van der Waals surface area contributed by atoms with Crippen molar-refractivity contribution in [1.82, 2.24) is 14.5 Å². The number of hydrogen-bond donors (Lipinski definition) is 0. The van der Waals surface area contributed by atoms with Gasteiger partial charge < -0.3 is 24.5 Å². The number of alkyl halides is 3. The number of fused-ring (bicyclic) bond motifs is 1. The Bertz CT molecular complexity index is 1260. The highest BCUT2D eigenvalue weighted by molar-refractivity contribution is 5.41. The Morgan fingerprint density at radius 3 is 2.51 bits per heavy atom. The smallest absolute Gasteiger partial charge is 0.416 e. The monoisotopic (exact) mass is 545 g/mol. The molecule has 0 amide bonds. The summed E-state index contributed by atoms with van der Waals surface area (Å²) in [5.74, 6) is 1.90. The van der Waals surface area contributed by atoms with Gasteiger partial charge in [-0.1, -0.05) is 12.1 Å². The fraction of sp³-hybridized carbons (Fsp3) is 0.481. The molecule has 0 aliphatic carbocycles. The van der Waals surface area contributed by atoms with Gasteiger partial charge in [-0.3, -0.25) is 4.57 Å².